The van der Waals surface area contributed by atoms with E-state index in [9.17, 15) is 4.79 Å². The van der Waals surface area contributed by atoms with Gasteiger partial charge in [-0.3, -0.25) is 4.68 Å². The van der Waals surface area contributed by atoms with Gasteiger partial charge in [-0.1, -0.05) is 30.3 Å². The highest BCUT2D eigenvalue weighted by Gasteiger charge is 2.14. The fourth-order valence-corrected chi connectivity index (χ4v) is 1.44. The maximum absolute atomic E-state index is 10.8. The highest BCUT2D eigenvalue weighted by atomic mass is 16.4. The van der Waals surface area contributed by atoms with Gasteiger partial charge in [0, 0.05) is 11.8 Å². The first-order chi connectivity index (χ1) is 7.68. The van der Waals surface area contributed by atoms with Crippen molar-refractivity contribution in [3.8, 4) is 11.1 Å². The first kappa shape index (κ1) is 10.4. The second-order valence-corrected chi connectivity index (χ2v) is 3.59. The molecular weight excluding hydrogens is 204 g/mol. The molecule has 0 aliphatic carbocycles. The van der Waals surface area contributed by atoms with Crippen molar-refractivity contribution in [3.63, 3.8) is 0 Å². The Morgan fingerprint density at radius 2 is 2.00 bits per heavy atom. The molecule has 1 N–H and O–H groups in total. The van der Waals surface area contributed by atoms with E-state index in [1.165, 1.54) is 4.68 Å². The van der Waals surface area contributed by atoms with Gasteiger partial charge >= 0.3 is 5.97 Å². The molecule has 1 atom stereocenters. The van der Waals surface area contributed by atoms with E-state index in [2.05, 4.69) is 5.10 Å². The van der Waals surface area contributed by atoms with Gasteiger partial charge in [0.1, 0.15) is 6.04 Å². The van der Waals surface area contributed by atoms with Gasteiger partial charge in [-0.2, -0.15) is 5.10 Å². The van der Waals surface area contributed by atoms with Crippen LogP contribution in [0.4, 0.5) is 0 Å². The monoisotopic (exact) mass is 216 g/mol. The molecule has 4 heteroatoms. The molecule has 0 aliphatic heterocycles. The van der Waals surface area contributed by atoms with Crippen molar-refractivity contribution < 1.29 is 9.90 Å². The molecule has 2 rings (SSSR count). The third kappa shape index (κ3) is 1.95. The number of hydrogen-bond donors (Lipinski definition) is 1. The van der Waals surface area contributed by atoms with Crippen molar-refractivity contribution in [1.82, 2.24) is 9.78 Å². The maximum Gasteiger partial charge on any atom is 0.328 e. The van der Waals surface area contributed by atoms with Gasteiger partial charge < -0.3 is 5.11 Å². The number of hydrogen-bond acceptors (Lipinski definition) is 2. The molecule has 0 radical (unpaired) electrons. The van der Waals surface area contributed by atoms with E-state index in [0.29, 0.717) is 0 Å². The smallest absolute Gasteiger partial charge is 0.328 e. The topological polar surface area (TPSA) is 55.1 Å². The summed E-state index contributed by atoms with van der Waals surface area (Å²) in [6, 6.07) is 9.10. The first-order valence-corrected chi connectivity index (χ1v) is 5.01. The average Bonchev–Trinajstić information content (AvgIpc) is 2.78. The molecule has 1 aromatic carbocycles. The fourth-order valence-electron chi connectivity index (χ4n) is 1.44. The van der Waals surface area contributed by atoms with Gasteiger partial charge in [0.25, 0.3) is 0 Å². The summed E-state index contributed by atoms with van der Waals surface area (Å²) in [6.07, 6.45) is 3.42. The van der Waals surface area contributed by atoms with Crippen LogP contribution in [-0.4, -0.2) is 20.9 Å². The molecule has 0 unspecified atom stereocenters. The molecule has 1 heterocycles. The van der Waals surface area contributed by atoms with Crippen LogP contribution in [0.15, 0.2) is 42.7 Å². The van der Waals surface area contributed by atoms with E-state index in [1.807, 2.05) is 30.3 Å². The van der Waals surface area contributed by atoms with Crippen molar-refractivity contribution >= 4 is 5.97 Å². The Kier molecular flexibility index (Phi) is 2.72. The SMILES string of the molecule is C[C@@H](C(=O)O)n1cc(-c2ccccc2)cn1. The van der Waals surface area contributed by atoms with E-state index >= 15 is 0 Å². The third-order valence-corrected chi connectivity index (χ3v) is 2.46. The Hall–Kier alpha value is -2.10. The second kappa shape index (κ2) is 4.18. The molecule has 0 fully saturated rings. The molecule has 82 valence electrons. The molecule has 1 aromatic heterocycles. The number of benzene rings is 1. The summed E-state index contributed by atoms with van der Waals surface area (Å²) in [7, 11) is 0. The predicted molar refractivity (Wildman–Crippen MR) is 60.0 cm³/mol. The third-order valence-electron chi connectivity index (χ3n) is 2.46. The van der Waals surface area contributed by atoms with Crippen LogP contribution < -0.4 is 0 Å². The van der Waals surface area contributed by atoms with E-state index in [-0.39, 0.29) is 0 Å². The maximum atomic E-state index is 10.8. The number of aromatic nitrogens is 2. The summed E-state index contributed by atoms with van der Waals surface area (Å²) < 4.78 is 1.45. The predicted octanol–water partition coefficient (Wildman–Crippen LogP) is 2.20. The minimum atomic E-state index is -0.886. The quantitative estimate of drug-likeness (QED) is 0.855. The lowest BCUT2D eigenvalue weighted by Crippen LogP contribution is -2.15. The first-order valence-electron chi connectivity index (χ1n) is 5.01. The van der Waals surface area contributed by atoms with Gasteiger partial charge in [-0.25, -0.2) is 4.79 Å². The highest BCUT2D eigenvalue weighted by molar-refractivity contribution is 5.71. The van der Waals surface area contributed by atoms with E-state index in [4.69, 9.17) is 5.11 Å². The minimum Gasteiger partial charge on any atom is -0.480 e. The standard InChI is InChI=1S/C12H12N2O2/c1-9(12(15)16)14-8-11(7-13-14)10-5-3-2-4-6-10/h2-9H,1H3,(H,15,16)/t9-/m0/s1. The van der Waals surface area contributed by atoms with Gasteiger partial charge in [-0.15, -0.1) is 0 Å². The number of carboxylic acids is 1. The van der Waals surface area contributed by atoms with Gasteiger partial charge in [0.05, 0.1) is 6.20 Å². The van der Waals surface area contributed by atoms with Crippen LogP contribution in [0.2, 0.25) is 0 Å². The molecular formula is C12H12N2O2. The highest BCUT2D eigenvalue weighted by Crippen LogP contribution is 2.19. The van der Waals surface area contributed by atoms with Crippen LogP contribution in [0.1, 0.15) is 13.0 Å². The Balaban J connectivity index is 2.30. The molecule has 0 aliphatic rings. The second-order valence-electron chi connectivity index (χ2n) is 3.59. The number of aliphatic carboxylic acids is 1. The molecule has 0 saturated heterocycles. The number of carbonyl (C=O) groups is 1. The number of carboxylic acid groups (broad SMARTS) is 1. The van der Waals surface area contributed by atoms with E-state index < -0.39 is 12.0 Å². The van der Waals surface area contributed by atoms with Gasteiger partial charge in [0.15, 0.2) is 0 Å². The normalized spacial score (nSPS) is 12.3. The van der Waals surface area contributed by atoms with Crippen molar-refractivity contribution in [2.75, 3.05) is 0 Å². The molecule has 0 spiro atoms. The molecule has 0 amide bonds. The summed E-state index contributed by atoms with van der Waals surface area (Å²) >= 11 is 0. The van der Waals surface area contributed by atoms with Crippen molar-refractivity contribution in [1.29, 1.82) is 0 Å². The lowest BCUT2D eigenvalue weighted by molar-refractivity contribution is -0.140. The zero-order valence-corrected chi connectivity index (χ0v) is 8.87. The lowest BCUT2D eigenvalue weighted by atomic mass is 10.1. The van der Waals surface area contributed by atoms with Crippen LogP contribution in [0.25, 0.3) is 11.1 Å². The van der Waals surface area contributed by atoms with Crippen molar-refractivity contribution in [2.24, 2.45) is 0 Å². The zero-order valence-electron chi connectivity index (χ0n) is 8.87. The molecule has 2 aromatic rings. The number of nitrogens with zero attached hydrogens (tertiary/aromatic N) is 2. The minimum absolute atomic E-state index is 0.641. The molecule has 0 saturated carbocycles. The van der Waals surface area contributed by atoms with Crippen molar-refractivity contribution in [3.05, 3.63) is 42.7 Å². The summed E-state index contributed by atoms with van der Waals surface area (Å²) in [5, 5.41) is 12.9. The van der Waals surface area contributed by atoms with E-state index in [1.54, 1.807) is 19.3 Å². The van der Waals surface area contributed by atoms with Crippen LogP contribution in [0.3, 0.4) is 0 Å². The molecule has 16 heavy (non-hydrogen) atoms. The summed E-state index contributed by atoms with van der Waals surface area (Å²) in [4.78, 5) is 10.8. The van der Waals surface area contributed by atoms with Crippen LogP contribution in [0, 0.1) is 0 Å². The Morgan fingerprint density at radius 3 is 2.62 bits per heavy atom. The summed E-state index contributed by atoms with van der Waals surface area (Å²) in [6.45, 7) is 1.60. The largest absolute Gasteiger partial charge is 0.480 e. The van der Waals surface area contributed by atoms with Crippen LogP contribution >= 0.6 is 0 Å². The van der Waals surface area contributed by atoms with Crippen LogP contribution in [0.5, 0.6) is 0 Å². The zero-order chi connectivity index (χ0) is 11.5. The summed E-state index contributed by atoms with van der Waals surface area (Å²) in [5.41, 5.74) is 1.96. The fraction of sp³-hybridized carbons (Fsp3) is 0.167. The summed E-state index contributed by atoms with van der Waals surface area (Å²) in [5.74, 6) is -0.886. The van der Waals surface area contributed by atoms with Crippen molar-refractivity contribution in [2.45, 2.75) is 13.0 Å². The Labute approximate surface area is 93.1 Å². The van der Waals surface area contributed by atoms with E-state index in [0.717, 1.165) is 11.1 Å². The van der Waals surface area contributed by atoms with Crippen LogP contribution in [-0.2, 0) is 4.79 Å². The average molecular weight is 216 g/mol. The Bertz CT molecular complexity index is 491. The molecule has 4 nitrogen and oxygen atoms in total. The molecule has 0 bridgehead atoms. The lowest BCUT2D eigenvalue weighted by Gasteiger charge is -2.05. The number of rotatable bonds is 3. The van der Waals surface area contributed by atoms with Gasteiger partial charge in [-0.05, 0) is 12.5 Å². The van der Waals surface area contributed by atoms with Gasteiger partial charge in [0.2, 0.25) is 0 Å². The Morgan fingerprint density at radius 1 is 1.31 bits per heavy atom.